The van der Waals surface area contributed by atoms with Gasteiger partial charge in [0.15, 0.2) is 0 Å². The molecular formula is C15H21N3O. The van der Waals surface area contributed by atoms with E-state index in [0.29, 0.717) is 6.61 Å². The van der Waals surface area contributed by atoms with Crippen LogP contribution in [0.5, 0.6) is 5.75 Å². The highest BCUT2D eigenvalue weighted by Crippen LogP contribution is 2.13. The van der Waals surface area contributed by atoms with Crippen LogP contribution < -0.4 is 10.1 Å². The van der Waals surface area contributed by atoms with Gasteiger partial charge in [-0.3, -0.25) is 4.68 Å². The van der Waals surface area contributed by atoms with Gasteiger partial charge in [0.1, 0.15) is 5.75 Å². The van der Waals surface area contributed by atoms with E-state index < -0.39 is 0 Å². The standard InChI is InChI=1S/C15H21N3O/c1-3-18-12-14(11-17-18)10-16-9-13-6-5-7-15(8-13)19-4-2/h5-8,11-12,16H,3-4,9-10H2,1-2H3. The minimum atomic E-state index is 0.701. The molecule has 0 saturated carbocycles. The van der Waals surface area contributed by atoms with Gasteiger partial charge in [0, 0.05) is 31.4 Å². The first-order valence-corrected chi connectivity index (χ1v) is 6.75. The van der Waals surface area contributed by atoms with Crippen LogP contribution in [0.3, 0.4) is 0 Å². The van der Waals surface area contributed by atoms with Gasteiger partial charge in [0.2, 0.25) is 0 Å². The van der Waals surface area contributed by atoms with Crippen LogP contribution in [0.25, 0.3) is 0 Å². The number of benzene rings is 1. The maximum absolute atomic E-state index is 5.49. The van der Waals surface area contributed by atoms with Crippen molar-refractivity contribution >= 4 is 0 Å². The van der Waals surface area contributed by atoms with E-state index in [2.05, 4.69) is 35.7 Å². The molecule has 0 aliphatic carbocycles. The second-order valence-corrected chi connectivity index (χ2v) is 4.39. The summed E-state index contributed by atoms with van der Waals surface area (Å²) in [6, 6.07) is 8.19. The molecule has 4 nitrogen and oxygen atoms in total. The molecule has 2 rings (SSSR count). The number of rotatable bonds is 7. The van der Waals surface area contributed by atoms with Crippen molar-refractivity contribution in [2.24, 2.45) is 0 Å². The lowest BCUT2D eigenvalue weighted by Gasteiger charge is -2.07. The van der Waals surface area contributed by atoms with Crippen LogP contribution >= 0.6 is 0 Å². The molecule has 0 atom stereocenters. The first kappa shape index (κ1) is 13.6. The topological polar surface area (TPSA) is 39.1 Å². The normalized spacial score (nSPS) is 10.6. The highest BCUT2D eigenvalue weighted by molar-refractivity contribution is 5.28. The predicted octanol–water partition coefficient (Wildman–Crippen LogP) is 2.59. The van der Waals surface area contributed by atoms with E-state index >= 15 is 0 Å². The van der Waals surface area contributed by atoms with Gasteiger partial charge in [-0.25, -0.2) is 0 Å². The Labute approximate surface area is 114 Å². The van der Waals surface area contributed by atoms with Gasteiger partial charge in [-0.05, 0) is 31.5 Å². The molecular weight excluding hydrogens is 238 g/mol. The van der Waals surface area contributed by atoms with Crippen LogP contribution in [0.2, 0.25) is 0 Å². The van der Waals surface area contributed by atoms with Gasteiger partial charge in [-0.15, -0.1) is 0 Å². The van der Waals surface area contributed by atoms with E-state index in [0.717, 1.165) is 25.4 Å². The number of nitrogens with zero attached hydrogens (tertiary/aromatic N) is 2. The highest BCUT2D eigenvalue weighted by Gasteiger charge is 1.99. The van der Waals surface area contributed by atoms with Crippen molar-refractivity contribution in [1.29, 1.82) is 0 Å². The second-order valence-electron chi connectivity index (χ2n) is 4.39. The summed E-state index contributed by atoms with van der Waals surface area (Å²) < 4.78 is 7.43. The average molecular weight is 259 g/mol. The predicted molar refractivity (Wildman–Crippen MR) is 76.1 cm³/mol. The average Bonchev–Trinajstić information content (AvgIpc) is 2.88. The molecule has 0 amide bonds. The molecule has 1 aromatic heterocycles. The lowest BCUT2D eigenvalue weighted by molar-refractivity contribution is 0.340. The van der Waals surface area contributed by atoms with Crippen molar-refractivity contribution in [3.8, 4) is 5.75 Å². The molecule has 1 N–H and O–H groups in total. The summed E-state index contributed by atoms with van der Waals surface area (Å²) in [5, 5.41) is 7.67. The Morgan fingerprint density at radius 3 is 2.79 bits per heavy atom. The van der Waals surface area contributed by atoms with Gasteiger partial charge in [-0.1, -0.05) is 12.1 Å². The molecule has 0 spiro atoms. The van der Waals surface area contributed by atoms with E-state index in [1.54, 1.807) is 0 Å². The fraction of sp³-hybridized carbons (Fsp3) is 0.400. The van der Waals surface area contributed by atoms with Gasteiger partial charge in [0.05, 0.1) is 12.8 Å². The van der Waals surface area contributed by atoms with Gasteiger partial charge < -0.3 is 10.1 Å². The first-order chi connectivity index (χ1) is 9.31. The number of aromatic nitrogens is 2. The Bertz CT molecular complexity index is 508. The first-order valence-electron chi connectivity index (χ1n) is 6.75. The number of hydrogen-bond acceptors (Lipinski definition) is 3. The largest absolute Gasteiger partial charge is 0.494 e. The number of ether oxygens (including phenoxy) is 1. The van der Waals surface area contributed by atoms with Crippen LogP contribution in [0.15, 0.2) is 36.7 Å². The molecule has 0 fully saturated rings. The summed E-state index contributed by atoms with van der Waals surface area (Å²) in [5.41, 5.74) is 2.44. The van der Waals surface area contributed by atoms with E-state index in [9.17, 15) is 0 Å². The van der Waals surface area contributed by atoms with Crippen molar-refractivity contribution in [2.45, 2.75) is 33.5 Å². The number of aryl methyl sites for hydroxylation is 1. The molecule has 1 heterocycles. The molecule has 0 radical (unpaired) electrons. The summed E-state index contributed by atoms with van der Waals surface area (Å²) >= 11 is 0. The summed E-state index contributed by atoms with van der Waals surface area (Å²) in [4.78, 5) is 0. The zero-order valence-corrected chi connectivity index (χ0v) is 11.6. The second kappa shape index (κ2) is 6.95. The molecule has 1 aromatic carbocycles. The molecule has 0 aliphatic rings. The number of hydrogen-bond donors (Lipinski definition) is 1. The molecule has 0 saturated heterocycles. The molecule has 0 bridgehead atoms. The van der Waals surface area contributed by atoms with Crippen LogP contribution in [-0.4, -0.2) is 16.4 Å². The SMILES string of the molecule is CCOc1cccc(CNCc2cnn(CC)c2)c1. The molecule has 4 heteroatoms. The zero-order chi connectivity index (χ0) is 13.5. The lowest BCUT2D eigenvalue weighted by atomic mass is 10.2. The Kier molecular flexibility index (Phi) is 4.98. The van der Waals surface area contributed by atoms with E-state index in [1.807, 2.05) is 29.9 Å². The lowest BCUT2D eigenvalue weighted by Crippen LogP contribution is -2.12. The van der Waals surface area contributed by atoms with Crippen molar-refractivity contribution in [3.05, 3.63) is 47.8 Å². The third-order valence-corrected chi connectivity index (χ3v) is 2.88. The molecule has 0 unspecified atom stereocenters. The number of nitrogens with one attached hydrogen (secondary N) is 1. The van der Waals surface area contributed by atoms with Crippen LogP contribution in [0.1, 0.15) is 25.0 Å². The van der Waals surface area contributed by atoms with Gasteiger partial charge >= 0.3 is 0 Å². The van der Waals surface area contributed by atoms with E-state index in [4.69, 9.17) is 4.74 Å². The maximum atomic E-state index is 5.49. The Morgan fingerprint density at radius 1 is 1.21 bits per heavy atom. The van der Waals surface area contributed by atoms with Crippen molar-refractivity contribution in [1.82, 2.24) is 15.1 Å². The smallest absolute Gasteiger partial charge is 0.119 e. The third-order valence-electron chi connectivity index (χ3n) is 2.88. The van der Waals surface area contributed by atoms with Gasteiger partial charge in [0.25, 0.3) is 0 Å². The van der Waals surface area contributed by atoms with Gasteiger partial charge in [-0.2, -0.15) is 5.10 Å². The monoisotopic (exact) mass is 259 g/mol. The third kappa shape index (κ3) is 4.10. The minimum absolute atomic E-state index is 0.701. The Morgan fingerprint density at radius 2 is 2.05 bits per heavy atom. The fourth-order valence-corrected chi connectivity index (χ4v) is 1.93. The molecule has 102 valence electrons. The quantitative estimate of drug-likeness (QED) is 0.830. The van der Waals surface area contributed by atoms with Crippen LogP contribution in [0.4, 0.5) is 0 Å². The van der Waals surface area contributed by atoms with Crippen molar-refractivity contribution < 1.29 is 4.74 Å². The molecule has 2 aromatic rings. The fourth-order valence-electron chi connectivity index (χ4n) is 1.93. The molecule has 0 aliphatic heterocycles. The Balaban J connectivity index is 1.83. The summed E-state index contributed by atoms with van der Waals surface area (Å²) in [6.45, 7) is 7.36. The summed E-state index contributed by atoms with van der Waals surface area (Å²) in [5.74, 6) is 0.931. The van der Waals surface area contributed by atoms with Crippen LogP contribution in [-0.2, 0) is 19.6 Å². The van der Waals surface area contributed by atoms with Crippen LogP contribution in [0, 0.1) is 0 Å². The van der Waals surface area contributed by atoms with E-state index in [1.165, 1.54) is 11.1 Å². The maximum Gasteiger partial charge on any atom is 0.119 e. The van der Waals surface area contributed by atoms with E-state index in [-0.39, 0.29) is 0 Å². The summed E-state index contributed by atoms with van der Waals surface area (Å²) in [7, 11) is 0. The minimum Gasteiger partial charge on any atom is -0.494 e. The highest BCUT2D eigenvalue weighted by atomic mass is 16.5. The van der Waals surface area contributed by atoms with Crippen molar-refractivity contribution in [3.63, 3.8) is 0 Å². The Hall–Kier alpha value is -1.81. The van der Waals surface area contributed by atoms with Crippen molar-refractivity contribution in [2.75, 3.05) is 6.61 Å². The summed E-state index contributed by atoms with van der Waals surface area (Å²) in [6.07, 6.45) is 3.98. The molecule has 19 heavy (non-hydrogen) atoms. The zero-order valence-electron chi connectivity index (χ0n) is 11.6.